The summed E-state index contributed by atoms with van der Waals surface area (Å²) in [6.45, 7) is 2.20. The Morgan fingerprint density at radius 1 is 1.08 bits per heavy atom. The molecule has 0 saturated heterocycles. The Labute approximate surface area is 153 Å². The van der Waals surface area contributed by atoms with E-state index >= 15 is 0 Å². The summed E-state index contributed by atoms with van der Waals surface area (Å²) in [6.07, 6.45) is 0.781. The molecule has 4 nitrogen and oxygen atoms in total. The predicted molar refractivity (Wildman–Crippen MR) is 100 cm³/mol. The van der Waals surface area contributed by atoms with Crippen molar-refractivity contribution in [2.75, 3.05) is 7.05 Å². The lowest BCUT2D eigenvalue weighted by Gasteiger charge is -2.30. The first-order chi connectivity index (χ1) is 12.1. The van der Waals surface area contributed by atoms with Crippen LogP contribution in [0, 0.1) is 0 Å². The highest BCUT2D eigenvalue weighted by molar-refractivity contribution is 6.31. The molecule has 0 unspecified atom stereocenters. The van der Waals surface area contributed by atoms with Crippen molar-refractivity contribution in [1.29, 1.82) is 0 Å². The van der Waals surface area contributed by atoms with E-state index in [0.717, 1.165) is 11.1 Å². The molecule has 2 aromatic carbocycles. The monoisotopic (exact) mass is 358 g/mol. The van der Waals surface area contributed by atoms with Crippen molar-refractivity contribution in [3.05, 3.63) is 70.7 Å². The van der Waals surface area contributed by atoms with Crippen LogP contribution in [-0.4, -0.2) is 29.8 Å². The molecule has 2 amide bonds. The van der Waals surface area contributed by atoms with Crippen molar-refractivity contribution in [3.8, 4) is 0 Å². The van der Waals surface area contributed by atoms with E-state index in [2.05, 4.69) is 5.32 Å². The zero-order valence-corrected chi connectivity index (χ0v) is 15.3. The second-order valence-electron chi connectivity index (χ2n) is 5.81. The fourth-order valence-corrected chi connectivity index (χ4v) is 2.96. The number of halogens is 1. The van der Waals surface area contributed by atoms with Gasteiger partial charge in [-0.1, -0.05) is 67.1 Å². The number of nitrogens with one attached hydrogen (secondary N) is 1. The van der Waals surface area contributed by atoms with E-state index in [1.54, 1.807) is 18.0 Å². The highest BCUT2D eigenvalue weighted by Crippen LogP contribution is 2.20. The summed E-state index contributed by atoms with van der Waals surface area (Å²) in [5.74, 6) is -0.266. The molecule has 0 aliphatic rings. The molecule has 0 bridgehead atoms. The maximum atomic E-state index is 13.0. The van der Waals surface area contributed by atoms with Gasteiger partial charge in [0.1, 0.15) is 6.04 Å². The van der Waals surface area contributed by atoms with Gasteiger partial charge < -0.3 is 10.2 Å². The van der Waals surface area contributed by atoms with Gasteiger partial charge in [0.25, 0.3) is 0 Å². The van der Waals surface area contributed by atoms with Crippen LogP contribution >= 0.6 is 11.6 Å². The number of hydrogen-bond acceptors (Lipinski definition) is 2. The quantitative estimate of drug-likeness (QED) is 0.824. The Morgan fingerprint density at radius 3 is 2.32 bits per heavy atom. The van der Waals surface area contributed by atoms with Gasteiger partial charge in [0.2, 0.25) is 11.8 Å². The maximum absolute atomic E-state index is 13.0. The first-order valence-electron chi connectivity index (χ1n) is 8.35. The number of carbonyl (C=O) groups is 2. The molecular weight excluding hydrogens is 336 g/mol. The number of nitrogens with zero attached hydrogens (tertiary/aromatic N) is 1. The van der Waals surface area contributed by atoms with Crippen LogP contribution in [0.5, 0.6) is 0 Å². The van der Waals surface area contributed by atoms with Crippen molar-refractivity contribution < 1.29 is 9.59 Å². The lowest BCUT2D eigenvalue weighted by atomic mass is 10.1. The Kier molecular flexibility index (Phi) is 7.02. The lowest BCUT2D eigenvalue weighted by molar-refractivity contribution is -0.140. The lowest BCUT2D eigenvalue weighted by Crippen LogP contribution is -2.48. The molecule has 2 rings (SSSR count). The molecule has 1 atom stereocenters. The molecule has 0 spiro atoms. The Bertz CT molecular complexity index is 719. The van der Waals surface area contributed by atoms with Crippen LogP contribution < -0.4 is 5.32 Å². The topological polar surface area (TPSA) is 49.4 Å². The van der Waals surface area contributed by atoms with E-state index < -0.39 is 6.04 Å². The fourth-order valence-electron chi connectivity index (χ4n) is 2.77. The summed E-state index contributed by atoms with van der Waals surface area (Å²) >= 11 is 6.26. The summed E-state index contributed by atoms with van der Waals surface area (Å²) in [4.78, 5) is 26.8. The molecule has 0 heterocycles. The van der Waals surface area contributed by atoms with Crippen LogP contribution in [-0.2, 0) is 22.6 Å². The fraction of sp³-hybridized carbons (Fsp3) is 0.300. The number of benzene rings is 2. The number of likely N-dealkylation sites (N-methyl/N-ethyl adjacent to an activating group) is 1. The van der Waals surface area contributed by atoms with E-state index in [0.29, 0.717) is 18.0 Å². The van der Waals surface area contributed by atoms with Gasteiger partial charge in [-0.15, -0.1) is 0 Å². The van der Waals surface area contributed by atoms with Gasteiger partial charge in [0, 0.05) is 18.6 Å². The van der Waals surface area contributed by atoms with Crippen LogP contribution in [0.25, 0.3) is 0 Å². The van der Waals surface area contributed by atoms with Crippen LogP contribution in [0.15, 0.2) is 54.6 Å². The van der Waals surface area contributed by atoms with Gasteiger partial charge >= 0.3 is 0 Å². The Balaban J connectivity index is 2.29. The SMILES string of the molecule is CC[C@H](C(=O)NC)N(Cc1ccccc1Cl)C(=O)Cc1ccccc1. The van der Waals surface area contributed by atoms with Gasteiger partial charge in [-0.3, -0.25) is 9.59 Å². The van der Waals surface area contributed by atoms with E-state index in [1.807, 2.05) is 55.5 Å². The molecular formula is C20H23ClN2O2. The van der Waals surface area contributed by atoms with Crippen LogP contribution in [0.1, 0.15) is 24.5 Å². The minimum Gasteiger partial charge on any atom is -0.357 e. The highest BCUT2D eigenvalue weighted by Gasteiger charge is 2.28. The number of rotatable bonds is 7. The largest absolute Gasteiger partial charge is 0.357 e. The second-order valence-corrected chi connectivity index (χ2v) is 6.22. The van der Waals surface area contributed by atoms with Crippen LogP contribution in [0.4, 0.5) is 0 Å². The van der Waals surface area contributed by atoms with Crippen molar-refractivity contribution in [2.45, 2.75) is 32.4 Å². The molecule has 0 aliphatic heterocycles. The number of amides is 2. The zero-order valence-electron chi connectivity index (χ0n) is 14.5. The van der Waals surface area contributed by atoms with E-state index in [-0.39, 0.29) is 18.2 Å². The molecule has 1 N–H and O–H groups in total. The van der Waals surface area contributed by atoms with E-state index in [9.17, 15) is 9.59 Å². The summed E-state index contributed by atoms with van der Waals surface area (Å²) in [5.41, 5.74) is 1.75. The number of hydrogen-bond donors (Lipinski definition) is 1. The molecule has 0 fully saturated rings. The van der Waals surface area contributed by atoms with E-state index in [4.69, 9.17) is 11.6 Å². The van der Waals surface area contributed by atoms with Gasteiger partial charge in [-0.2, -0.15) is 0 Å². The summed E-state index contributed by atoms with van der Waals surface area (Å²) in [7, 11) is 1.58. The molecule has 0 saturated carbocycles. The third-order valence-corrected chi connectivity index (χ3v) is 4.50. The molecule has 0 aromatic heterocycles. The van der Waals surface area contributed by atoms with Crippen molar-refractivity contribution in [1.82, 2.24) is 10.2 Å². The minimum atomic E-state index is -0.530. The Hall–Kier alpha value is -2.33. The average Bonchev–Trinajstić information content (AvgIpc) is 2.63. The molecule has 5 heteroatoms. The third kappa shape index (κ3) is 5.07. The van der Waals surface area contributed by atoms with Crippen molar-refractivity contribution in [3.63, 3.8) is 0 Å². The van der Waals surface area contributed by atoms with Gasteiger partial charge in [-0.25, -0.2) is 0 Å². The standard InChI is InChI=1S/C20H23ClN2O2/c1-3-18(20(25)22-2)23(14-16-11-7-8-12-17(16)21)19(24)13-15-9-5-4-6-10-15/h4-12,18H,3,13-14H2,1-2H3,(H,22,25)/t18-/m1/s1. The smallest absolute Gasteiger partial charge is 0.242 e. The molecule has 132 valence electrons. The first-order valence-corrected chi connectivity index (χ1v) is 8.73. The van der Waals surface area contributed by atoms with E-state index in [1.165, 1.54) is 0 Å². The molecule has 25 heavy (non-hydrogen) atoms. The average molecular weight is 359 g/mol. The predicted octanol–water partition coefficient (Wildman–Crippen LogP) is 3.44. The van der Waals surface area contributed by atoms with Gasteiger partial charge in [0.05, 0.1) is 6.42 Å². The minimum absolute atomic E-state index is 0.0958. The van der Waals surface area contributed by atoms with Gasteiger partial charge in [-0.05, 0) is 23.6 Å². The van der Waals surface area contributed by atoms with Crippen LogP contribution in [0.2, 0.25) is 5.02 Å². The normalized spacial score (nSPS) is 11.6. The number of carbonyl (C=O) groups excluding carboxylic acids is 2. The van der Waals surface area contributed by atoms with Crippen LogP contribution in [0.3, 0.4) is 0 Å². The summed E-state index contributed by atoms with van der Waals surface area (Å²) < 4.78 is 0. The molecule has 0 aliphatic carbocycles. The first kappa shape index (κ1) is 19.0. The maximum Gasteiger partial charge on any atom is 0.242 e. The second kappa shape index (κ2) is 9.23. The zero-order chi connectivity index (χ0) is 18.2. The Morgan fingerprint density at radius 2 is 1.72 bits per heavy atom. The van der Waals surface area contributed by atoms with Crippen molar-refractivity contribution in [2.24, 2.45) is 0 Å². The molecule has 0 radical (unpaired) electrons. The highest BCUT2D eigenvalue weighted by atomic mass is 35.5. The third-order valence-electron chi connectivity index (χ3n) is 4.13. The molecule has 2 aromatic rings. The van der Waals surface area contributed by atoms with Gasteiger partial charge in [0.15, 0.2) is 0 Å². The summed E-state index contributed by atoms with van der Waals surface area (Å²) in [5, 5.41) is 3.24. The van der Waals surface area contributed by atoms with Crippen molar-refractivity contribution >= 4 is 23.4 Å². The summed E-state index contributed by atoms with van der Waals surface area (Å²) in [6, 6.07) is 16.4.